The van der Waals surface area contributed by atoms with E-state index in [1.54, 1.807) is 19.0 Å². The molecule has 120 valence electrons. The van der Waals surface area contributed by atoms with Crippen LogP contribution in [0.1, 0.15) is 24.0 Å². The second-order valence-corrected chi connectivity index (χ2v) is 6.18. The summed E-state index contributed by atoms with van der Waals surface area (Å²) in [5, 5.41) is 3.03. The van der Waals surface area contributed by atoms with Gasteiger partial charge in [0.1, 0.15) is 0 Å². The molecule has 0 aliphatic carbocycles. The number of urea groups is 1. The predicted molar refractivity (Wildman–Crippen MR) is 87.9 cm³/mol. The molecule has 0 radical (unpaired) electrons. The Balaban J connectivity index is 1.93. The standard InChI is InChI=1S/C17H25N3O2/c1-12-6-5-7-15(13(12)2)18-16(21)14-8-10-20(11-9-14)17(22)19(3)4/h5-7,14H,8-11H2,1-4H3,(H,18,21). The molecule has 0 saturated carbocycles. The first kappa shape index (κ1) is 16.3. The molecule has 1 aromatic carbocycles. The molecule has 3 amide bonds. The van der Waals surface area contributed by atoms with Crippen LogP contribution in [0.2, 0.25) is 0 Å². The topological polar surface area (TPSA) is 52.7 Å². The molecule has 1 saturated heterocycles. The molecule has 5 heteroatoms. The summed E-state index contributed by atoms with van der Waals surface area (Å²) in [4.78, 5) is 27.7. The first-order valence-corrected chi connectivity index (χ1v) is 7.73. The normalized spacial score (nSPS) is 15.5. The van der Waals surface area contributed by atoms with Gasteiger partial charge in [-0.2, -0.15) is 0 Å². The van der Waals surface area contributed by atoms with E-state index in [0.717, 1.165) is 24.1 Å². The lowest BCUT2D eigenvalue weighted by atomic mass is 9.95. The van der Waals surface area contributed by atoms with Crippen molar-refractivity contribution >= 4 is 17.6 Å². The molecule has 1 N–H and O–H groups in total. The van der Waals surface area contributed by atoms with Crippen molar-refractivity contribution < 1.29 is 9.59 Å². The Kier molecular flexibility index (Phi) is 5.06. The Labute approximate surface area is 132 Å². The molecule has 1 aromatic rings. The first-order valence-electron chi connectivity index (χ1n) is 7.73. The number of rotatable bonds is 2. The van der Waals surface area contributed by atoms with Gasteiger partial charge in [0, 0.05) is 38.8 Å². The monoisotopic (exact) mass is 303 g/mol. The van der Waals surface area contributed by atoms with Gasteiger partial charge in [-0.05, 0) is 43.9 Å². The maximum atomic E-state index is 12.4. The van der Waals surface area contributed by atoms with Gasteiger partial charge in [-0.25, -0.2) is 4.79 Å². The SMILES string of the molecule is Cc1cccc(NC(=O)C2CCN(C(=O)N(C)C)CC2)c1C. The van der Waals surface area contributed by atoms with Gasteiger partial charge in [0.15, 0.2) is 0 Å². The van der Waals surface area contributed by atoms with Gasteiger partial charge in [0.05, 0.1) is 0 Å². The predicted octanol–water partition coefficient (Wildman–Crippen LogP) is 2.64. The van der Waals surface area contributed by atoms with Crippen LogP contribution >= 0.6 is 0 Å². The van der Waals surface area contributed by atoms with Crippen molar-refractivity contribution in [3.05, 3.63) is 29.3 Å². The van der Waals surface area contributed by atoms with Gasteiger partial charge in [-0.1, -0.05) is 12.1 Å². The summed E-state index contributed by atoms with van der Waals surface area (Å²) in [6, 6.07) is 5.95. The zero-order chi connectivity index (χ0) is 16.3. The molecule has 0 aromatic heterocycles. The van der Waals surface area contributed by atoms with Crippen LogP contribution in [0.4, 0.5) is 10.5 Å². The highest BCUT2D eigenvalue weighted by Crippen LogP contribution is 2.23. The minimum atomic E-state index is -0.0221. The van der Waals surface area contributed by atoms with Crippen LogP contribution in [-0.4, -0.2) is 48.9 Å². The molecule has 5 nitrogen and oxygen atoms in total. The van der Waals surface area contributed by atoms with Crippen molar-refractivity contribution in [2.24, 2.45) is 5.92 Å². The number of amides is 3. The summed E-state index contributed by atoms with van der Waals surface area (Å²) in [7, 11) is 3.50. The van der Waals surface area contributed by atoms with Crippen molar-refractivity contribution in [2.75, 3.05) is 32.5 Å². The molecule has 1 aliphatic heterocycles. The molecular weight excluding hydrogens is 278 g/mol. The van der Waals surface area contributed by atoms with Gasteiger partial charge >= 0.3 is 6.03 Å². The fourth-order valence-electron chi connectivity index (χ4n) is 2.74. The maximum Gasteiger partial charge on any atom is 0.319 e. The third-order valence-electron chi connectivity index (χ3n) is 4.38. The summed E-state index contributed by atoms with van der Waals surface area (Å²) >= 11 is 0. The third-order valence-corrected chi connectivity index (χ3v) is 4.38. The van der Waals surface area contributed by atoms with Crippen molar-refractivity contribution in [3.63, 3.8) is 0 Å². The average molecular weight is 303 g/mol. The number of aryl methyl sites for hydroxylation is 1. The lowest BCUT2D eigenvalue weighted by Gasteiger charge is -2.33. The average Bonchev–Trinajstić information content (AvgIpc) is 2.51. The molecular formula is C17H25N3O2. The van der Waals surface area contributed by atoms with E-state index in [1.165, 1.54) is 5.56 Å². The third kappa shape index (κ3) is 3.59. The fourth-order valence-corrected chi connectivity index (χ4v) is 2.74. The Hall–Kier alpha value is -2.04. The zero-order valence-corrected chi connectivity index (χ0v) is 13.8. The maximum absolute atomic E-state index is 12.4. The number of piperidine rings is 1. The smallest absolute Gasteiger partial charge is 0.319 e. The summed E-state index contributed by atoms with van der Waals surface area (Å²) in [6.45, 7) is 5.34. The highest BCUT2D eigenvalue weighted by Gasteiger charge is 2.28. The van der Waals surface area contributed by atoms with Crippen molar-refractivity contribution in [2.45, 2.75) is 26.7 Å². The number of carbonyl (C=O) groups excluding carboxylic acids is 2. The number of hydrogen-bond acceptors (Lipinski definition) is 2. The quantitative estimate of drug-likeness (QED) is 0.913. The fraction of sp³-hybridized carbons (Fsp3) is 0.529. The number of nitrogens with zero attached hydrogens (tertiary/aromatic N) is 2. The van der Waals surface area contributed by atoms with Gasteiger partial charge in [-0.15, -0.1) is 0 Å². The highest BCUT2D eigenvalue weighted by atomic mass is 16.2. The lowest BCUT2D eigenvalue weighted by molar-refractivity contribution is -0.121. The zero-order valence-electron chi connectivity index (χ0n) is 13.8. The molecule has 2 rings (SSSR count). The van der Waals surface area contributed by atoms with Crippen molar-refractivity contribution in [1.29, 1.82) is 0 Å². The molecule has 0 spiro atoms. The lowest BCUT2D eigenvalue weighted by Crippen LogP contribution is -2.45. The summed E-state index contributed by atoms with van der Waals surface area (Å²) < 4.78 is 0. The van der Waals surface area contributed by atoms with E-state index < -0.39 is 0 Å². The van der Waals surface area contributed by atoms with Crippen LogP contribution in [0.25, 0.3) is 0 Å². The molecule has 0 atom stereocenters. The van der Waals surface area contributed by atoms with Crippen LogP contribution in [0.15, 0.2) is 18.2 Å². The second kappa shape index (κ2) is 6.81. The Morgan fingerprint density at radius 2 is 1.82 bits per heavy atom. The van der Waals surface area contributed by atoms with E-state index in [9.17, 15) is 9.59 Å². The van der Waals surface area contributed by atoms with Gasteiger partial charge < -0.3 is 15.1 Å². The van der Waals surface area contributed by atoms with E-state index in [0.29, 0.717) is 13.1 Å². The van der Waals surface area contributed by atoms with E-state index in [2.05, 4.69) is 5.32 Å². The van der Waals surface area contributed by atoms with E-state index in [-0.39, 0.29) is 17.9 Å². The van der Waals surface area contributed by atoms with E-state index in [4.69, 9.17) is 0 Å². The molecule has 0 bridgehead atoms. The Bertz CT molecular complexity index is 561. The van der Waals surface area contributed by atoms with E-state index >= 15 is 0 Å². The number of likely N-dealkylation sites (tertiary alicyclic amines) is 1. The summed E-state index contributed by atoms with van der Waals surface area (Å²) in [5.74, 6) is 0.0387. The largest absolute Gasteiger partial charge is 0.331 e. The number of nitrogens with one attached hydrogen (secondary N) is 1. The number of anilines is 1. The van der Waals surface area contributed by atoms with Crippen LogP contribution < -0.4 is 5.32 Å². The Morgan fingerprint density at radius 3 is 2.41 bits per heavy atom. The van der Waals surface area contributed by atoms with Gasteiger partial charge in [-0.3, -0.25) is 4.79 Å². The van der Waals surface area contributed by atoms with Crippen LogP contribution in [0.5, 0.6) is 0 Å². The first-order chi connectivity index (χ1) is 10.4. The minimum absolute atomic E-state index is 0.0217. The number of carbonyl (C=O) groups is 2. The van der Waals surface area contributed by atoms with E-state index in [1.807, 2.05) is 36.9 Å². The summed E-state index contributed by atoms with van der Waals surface area (Å²) in [6.07, 6.45) is 1.44. The van der Waals surface area contributed by atoms with Gasteiger partial charge in [0.25, 0.3) is 0 Å². The van der Waals surface area contributed by atoms with Gasteiger partial charge in [0.2, 0.25) is 5.91 Å². The number of hydrogen-bond donors (Lipinski definition) is 1. The minimum Gasteiger partial charge on any atom is -0.331 e. The van der Waals surface area contributed by atoms with Crippen LogP contribution in [-0.2, 0) is 4.79 Å². The summed E-state index contributed by atoms with van der Waals surface area (Å²) in [5.41, 5.74) is 3.16. The molecule has 22 heavy (non-hydrogen) atoms. The van der Waals surface area contributed by atoms with Crippen LogP contribution in [0, 0.1) is 19.8 Å². The van der Waals surface area contributed by atoms with Crippen molar-refractivity contribution in [1.82, 2.24) is 9.80 Å². The number of benzene rings is 1. The Morgan fingerprint density at radius 1 is 1.18 bits per heavy atom. The highest BCUT2D eigenvalue weighted by molar-refractivity contribution is 5.93. The molecule has 1 aliphatic rings. The second-order valence-electron chi connectivity index (χ2n) is 6.18. The van der Waals surface area contributed by atoms with Crippen LogP contribution in [0.3, 0.4) is 0 Å². The van der Waals surface area contributed by atoms with Crippen molar-refractivity contribution in [3.8, 4) is 0 Å². The molecule has 0 unspecified atom stereocenters. The molecule has 1 fully saturated rings. The molecule has 1 heterocycles.